The van der Waals surface area contributed by atoms with E-state index in [-0.39, 0.29) is 0 Å². The molecule has 2 heteroatoms. The topological polar surface area (TPSA) is 36.2 Å². The fourth-order valence-electron chi connectivity index (χ4n) is 0.871. The second-order valence-electron chi connectivity index (χ2n) is 2.24. The minimum absolute atomic E-state index is 0.789. The Morgan fingerprint density at radius 3 is 2.45 bits per heavy atom. The van der Waals surface area contributed by atoms with Crippen molar-refractivity contribution in [3.05, 3.63) is 29.8 Å². The van der Waals surface area contributed by atoms with Crippen molar-refractivity contribution in [2.75, 3.05) is 0 Å². The van der Waals surface area contributed by atoms with Gasteiger partial charge in [0.15, 0.2) is 0 Å². The lowest BCUT2D eigenvalue weighted by molar-refractivity contribution is 1.14. The molecule has 0 radical (unpaired) electrons. The highest BCUT2D eigenvalue weighted by atomic mass is 14.7. The van der Waals surface area contributed by atoms with Gasteiger partial charge in [-0.15, -0.1) is 0 Å². The Morgan fingerprint density at radius 2 is 2.00 bits per heavy atom. The molecule has 0 saturated carbocycles. The molecule has 0 unspecified atom stereocenters. The van der Waals surface area contributed by atoms with E-state index in [4.69, 9.17) is 5.41 Å². The molecule has 0 atom stereocenters. The summed E-state index contributed by atoms with van der Waals surface area (Å²) < 4.78 is 0. The fraction of sp³-hybridized carbons (Fsp3) is 0.222. The van der Waals surface area contributed by atoms with E-state index in [1.807, 2.05) is 30.3 Å². The summed E-state index contributed by atoms with van der Waals surface area (Å²) in [5.41, 5.74) is 2.08. The van der Waals surface area contributed by atoms with Crippen molar-refractivity contribution >= 4 is 11.7 Å². The third kappa shape index (κ3) is 2.03. The lowest BCUT2D eigenvalue weighted by Crippen LogP contribution is -1.75. The summed E-state index contributed by atoms with van der Waals surface area (Å²) >= 11 is 0. The third-order valence-corrected chi connectivity index (χ3v) is 1.53. The van der Waals surface area contributed by atoms with E-state index in [9.17, 15) is 0 Å². The first-order valence-electron chi connectivity index (χ1n) is 3.58. The summed E-state index contributed by atoms with van der Waals surface area (Å²) in [6, 6.07) is 9.80. The van der Waals surface area contributed by atoms with Crippen molar-refractivity contribution in [2.24, 2.45) is 4.99 Å². The van der Waals surface area contributed by atoms with Crippen LogP contribution < -0.4 is 0 Å². The van der Waals surface area contributed by atoms with Crippen molar-refractivity contribution in [1.82, 2.24) is 0 Å². The SMILES string of the molecule is CCc1ccc(N=C=N)cc1. The zero-order chi connectivity index (χ0) is 8.10. The Labute approximate surface area is 66.1 Å². The Kier molecular flexibility index (Phi) is 2.59. The predicted octanol–water partition coefficient (Wildman–Crippen LogP) is 2.63. The molecule has 0 bridgehead atoms. The van der Waals surface area contributed by atoms with E-state index in [1.54, 1.807) is 0 Å². The predicted molar refractivity (Wildman–Crippen MR) is 45.6 cm³/mol. The van der Waals surface area contributed by atoms with Gasteiger partial charge in [0.05, 0.1) is 11.7 Å². The van der Waals surface area contributed by atoms with E-state index in [1.165, 1.54) is 5.56 Å². The molecule has 11 heavy (non-hydrogen) atoms. The van der Waals surface area contributed by atoms with Gasteiger partial charge in [0.2, 0.25) is 0 Å². The van der Waals surface area contributed by atoms with Crippen molar-refractivity contribution < 1.29 is 0 Å². The van der Waals surface area contributed by atoms with Crippen LogP contribution in [-0.4, -0.2) is 6.01 Å². The van der Waals surface area contributed by atoms with Gasteiger partial charge in [0, 0.05) is 0 Å². The van der Waals surface area contributed by atoms with Gasteiger partial charge in [-0.05, 0) is 24.1 Å². The lowest BCUT2D eigenvalue weighted by Gasteiger charge is -1.94. The van der Waals surface area contributed by atoms with E-state index in [0.717, 1.165) is 12.1 Å². The number of nitrogens with one attached hydrogen (secondary N) is 1. The van der Waals surface area contributed by atoms with Crippen LogP contribution in [0.15, 0.2) is 29.3 Å². The smallest absolute Gasteiger partial charge is 0.0918 e. The van der Waals surface area contributed by atoms with E-state index < -0.39 is 0 Å². The highest BCUT2D eigenvalue weighted by Crippen LogP contribution is 2.11. The maximum Gasteiger partial charge on any atom is 0.0918 e. The number of hydrogen-bond acceptors (Lipinski definition) is 2. The van der Waals surface area contributed by atoms with Gasteiger partial charge in [-0.2, -0.15) is 4.99 Å². The van der Waals surface area contributed by atoms with Crippen LogP contribution in [0.25, 0.3) is 0 Å². The van der Waals surface area contributed by atoms with Crippen molar-refractivity contribution in [2.45, 2.75) is 13.3 Å². The van der Waals surface area contributed by atoms with Gasteiger partial charge in [-0.25, -0.2) is 5.41 Å². The average Bonchev–Trinajstić information content (AvgIpc) is 2.07. The average molecular weight is 146 g/mol. The Morgan fingerprint density at radius 1 is 1.36 bits per heavy atom. The van der Waals surface area contributed by atoms with Crippen LogP contribution in [0, 0.1) is 5.41 Å². The summed E-state index contributed by atoms with van der Waals surface area (Å²) in [5.74, 6) is 0. The maximum absolute atomic E-state index is 6.62. The largest absolute Gasteiger partial charge is 0.241 e. The zero-order valence-electron chi connectivity index (χ0n) is 6.46. The van der Waals surface area contributed by atoms with E-state index >= 15 is 0 Å². The van der Waals surface area contributed by atoms with Gasteiger partial charge in [-0.1, -0.05) is 19.1 Å². The molecule has 0 saturated heterocycles. The molecule has 56 valence electrons. The van der Waals surface area contributed by atoms with Gasteiger partial charge >= 0.3 is 0 Å². The summed E-state index contributed by atoms with van der Waals surface area (Å²) in [5, 5.41) is 6.62. The third-order valence-electron chi connectivity index (χ3n) is 1.53. The summed E-state index contributed by atoms with van der Waals surface area (Å²) in [7, 11) is 0. The van der Waals surface area contributed by atoms with E-state index in [2.05, 4.69) is 11.9 Å². The standard InChI is InChI=1S/C9H10N2/c1-2-8-3-5-9(6-4-8)11-7-10/h3-6,10H,2H2,1H3. The van der Waals surface area contributed by atoms with E-state index in [0.29, 0.717) is 0 Å². The van der Waals surface area contributed by atoms with Crippen molar-refractivity contribution in [3.63, 3.8) is 0 Å². The monoisotopic (exact) mass is 146 g/mol. The molecule has 0 fully saturated rings. The second-order valence-corrected chi connectivity index (χ2v) is 2.24. The highest BCUT2D eigenvalue weighted by molar-refractivity contribution is 5.50. The molecule has 1 aromatic rings. The fourth-order valence-corrected chi connectivity index (χ4v) is 0.871. The molecule has 1 aromatic carbocycles. The van der Waals surface area contributed by atoms with Crippen molar-refractivity contribution in [1.29, 1.82) is 5.41 Å². The quantitative estimate of drug-likeness (QED) is 0.623. The first-order valence-corrected chi connectivity index (χ1v) is 3.58. The molecule has 2 nitrogen and oxygen atoms in total. The molecule has 0 aliphatic heterocycles. The maximum atomic E-state index is 6.62. The Balaban J connectivity index is 2.91. The number of hydrogen-bond donors (Lipinski definition) is 1. The molecule has 0 amide bonds. The zero-order valence-corrected chi connectivity index (χ0v) is 6.46. The number of aryl methyl sites for hydroxylation is 1. The van der Waals surface area contributed by atoms with Gasteiger partial charge in [0.1, 0.15) is 0 Å². The van der Waals surface area contributed by atoms with Crippen LogP contribution in [0.4, 0.5) is 5.69 Å². The molecule has 0 aliphatic carbocycles. The molecule has 1 N–H and O–H groups in total. The van der Waals surface area contributed by atoms with Crippen molar-refractivity contribution in [3.8, 4) is 0 Å². The number of aliphatic imine (C=N–C) groups is 1. The minimum Gasteiger partial charge on any atom is -0.241 e. The second kappa shape index (κ2) is 3.69. The van der Waals surface area contributed by atoms with Crippen LogP contribution in [0.3, 0.4) is 0 Å². The van der Waals surface area contributed by atoms with Crippen LogP contribution >= 0.6 is 0 Å². The van der Waals surface area contributed by atoms with Crippen LogP contribution in [-0.2, 0) is 6.42 Å². The Hall–Kier alpha value is -1.40. The number of benzene rings is 1. The lowest BCUT2D eigenvalue weighted by atomic mass is 10.2. The highest BCUT2D eigenvalue weighted by Gasteiger charge is 1.88. The molecule has 0 spiro atoms. The molecule has 0 aromatic heterocycles. The summed E-state index contributed by atoms with van der Waals surface area (Å²) in [6.45, 7) is 2.11. The minimum atomic E-state index is 0.789. The molecule has 0 heterocycles. The first-order chi connectivity index (χ1) is 5.36. The summed E-state index contributed by atoms with van der Waals surface area (Å²) in [4.78, 5) is 3.70. The van der Waals surface area contributed by atoms with Crippen LogP contribution in [0.1, 0.15) is 12.5 Å². The normalized spacial score (nSPS) is 8.82. The van der Waals surface area contributed by atoms with Gasteiger partial charge in [0.25, 0.3) is 0 Å². The van der Waals surface area contributed by atoms with Gasteiger partial charge < -0.3 is 0 Å². The Bertz CT molecular complexity index is 268. The molecule has 1 rings (SSSR count). The first kappa shape index (κ1) is 7.70. The number of rotatable bonds is 2. The molecule has 0 aliphatic rings. The summed E-state index contributed by atoms with van der Waals surface area (Å²) in [6.07, 6.45) is 1.04. The van der Waals surface area contributed by atoms with Gasteiger partial charge in [-0.3, -0.25) is 0 Å². The van der Waals surface area contributed by atoms with Crippen LogP contribution in [0.5, 0.6) is 0 Å². The number of nitrogens with zero attached hydrogens (tertiary/aromatic N) is 1. The molecular weight excluding hydrogens is 136 g/mol. The molecular formula is C9H10N2. The van der Waals surface area contributed by atoms with Crippen LogP contribution in [0.2, 0.25) is 0 Å².